The normalized spacial score (nSPS) is 12.8. The van der Waals surface area contributed by atoms with Crippen LogP contribution in [0.3, 0.4) is 0 Å². The third-order valence-electron chi connectivity index (χ3n) is 1.60. The lowest BCUT2D eigenvalue weighted by Gasteiger charge is -2.08. The van der Waals surface area contributed by atoms with Crippen LogP contribution in [0, 0.1) is 0 Å². The van der Waals surface area contributed by atoms with Crippen molar-refractivity contribution in [1.82, 2.24) is 9.97 Å². The molecule has 4 nitrogen and oxygen atoms in total. The van der Waals surface area contributed by atoms with Crippen molar-refractivity contribution in [3.05, 3.63) is 24.3 Å². The molecule has 0 fully saturated rings. The molecule has 2 N–H and O–H groups in total. The Labute approximate surface area is 71.8 Å². The fourth-order valence-corrected chi connectivity index (χ4v) is 0.895. The van der Waals surface area contributed by atoms with E-state index in [1.54, 1.807) is 25.7 Å². The van der Waals surface area contributed by atoms with Crippen molar-refractivity contribution < 1.29 is 4.74 Å². The Morgan fingerprint density at radius 3 is 3.00 bits per heavy atom. The molecule has 1 atom stereocenters. The van der Waals surface area contributed by atoms with Gasteiger partial charge in [-0.3, -0.25) is 9.97 Å². The van der Waals surface area contributed by atoms with Crippen molar-refractivity contribution in [2.24, 2.45) is 5.73 Å². The predicted molar refractivity (Wildman–Crippen MR) is 45.5 cm³/mol. The number of hydrogen-bond acceptors (Lipinski definition) is 4. The van der Waals surface area contributed by atoms with Crippen LogP contribution in [-0.4, -0.2) is 23.7 Å². The number of aromatic nitrogens is 2. The minimum absolute atomic E-state index is 0.0707. The Morgan fingerprint density at radius 1 is 1.58 bits per heavy atom. The maximum Gasteiger partial charge on any atom is 0.0754 e. The highest BCUT2D eigenvalue weighted by Crippen LogP contribution is 2.08. The number of nitrogens with zero attached hydrogens (tertiary/aromatic N) is 2. The topological polar surface area (TPSA) is 61.0 Å². The molecule has 1 heterocycles. The number of methoxy groups -OCH3 is 1. The Balaban J connectivity index is 2.48. The first kappa shape index (κ1) is 9.09. The highest BCUT2D eigenvalue weighted by molar-refractivity contribution is 5.00. The molecule has 0 bridgehead atoms. The monoisotopic (exact) mass is 167 g/mol. The van der Waals surface area contributed by atoms with E-state index in [0.717, 1.165) is 12.1 Å². The molecule has 0 spiro atoms. The largest absolute Gasteiger partial charge is 0.385 e. The van der Waals surface area contributed by atoms with Gasteiger partial charge in [-0.15, -0.1) is 0 Å². The summed E-state index contributed by atoms with van der Waals surface area (Å²) in [6.45, 7) is 0.651. The van der Waals surface area contributed by atoms with Crippen molar-refractivity contribution >= 4 is 0 Å². The Bertz CT molecular complexity index is 215. The second-order valence-corrected chi connectivity index (χ2v) is 2.52. The molecule has 1 aromatic heterocycles. The van der Waals surface area contributed by atoms with E-state index in [1.165, 1.54) is 0 Å². The van der Waals surface area contributed by atoms with Crippen LogP contribution in [-0.2, 0) is 4.74 Å². The van der Waals surface area contributed by atoms with Crippen molar-refractivity contribution in [2.45, 2.75) is 12.5 Å². The second-order valence-electron chi connectivity index (χ2n) is 2.52. The summed E-state index contributed by atoms with van der Waals surface area (Å²) >= 11 is 0. The van der Waals surface area contributed by atoms with E-state index in [2.05, 4.69) is 9.97 Å². The summed E-state index contributed by atoms with van der Waals surface area (Å²) in [6, 6.07) is -0.0707. The van der Waals surface area contributed by atoms with Gasteiger partial charge in [0.1, 0.15) is 0 Å². The first-order valence-electron chi connectivity index (χ1n) is 3.85. The summed E-state index contributed by atoms with van der Waals surface area (Å²) < 4.78 is 4.91. The van der Waals surface area contributed by atoms with Gasteiger partial charge in [-0.25, -0.2) is 0 Å². The van der Waals surface area contributed by atoms with Gasteiger partial charge in [0.25, 0.3) is 0 Å². The average Bonchev–Trinajstić information content (AvgIpc) is 2.15. The fourth-order valence-electron chi connectivity index (χ4n) is 0.895. The third kappa shape index (κ3) is 2.56. The Hall–Kier alpha value is -1.00. The minimum atomic E-state index is -0.0707. The first-order valence-corrected chi connectivity index (χ1v) is 3.85. The van der Waals surface area contributed by atoms with Crippen LogP contribution in [0.15, 0.2) is 18.6 Å². The highest BCUT2D eigenvalue weighted by atomic mass is 16.5. The SMILES string of the molecule is COCCC(N)c1cnccn1. The molecule has 0 aliphatic carbocycles. The summed E-state index contributed by atoms with van der Waals surface area (Å²) in [6.07, 6.45) is 5.73. The van der Waals surface area contributed by atoms with Gasteiger partial charge in [0.05, 0.1) is 11.7 Å². The van der Waals surface area contributed by atoms with Crippen LogP contribution >= 0.6 is 0 Å². The van der Waals surface area contributed by atoms with Crippen LogP contribution in [0.5, 0.6) is 0 Å². The summed E-state index contributed by atoms with van der Waals surface area (Å²) in [5, 5.41) is 0. The summed E-state index contributed by atoms with van der Waals surface area (Å²) in [5.74, 6) is 0. The van der Waals surface area contributed by atoms with Crippen LogP contribution < -0.4 is 5.73 Å². The molecule has 0 aliphatic heterocycles. The molecule has 4 heteroatoms. The summed E-state index contributed by atoms with van der Waals surface area (Å²) in [4.78, 5) is 8.02. The van der Waals surface area contributed by atoms with Gasteiger partial charge in [0.15, 0.2) is 0 Å². The first-order chi connectivity index (χ1) is 5.84. The molecule has 1 rings (SSSR count). The average molecular weight is 167 g/mol. The predicted octanol–water partition coefficient (Wildman–Crippen LogP) is 0.513. The van der Waals surface area contributed by atoms with Crippen LogP contribution in [0.4, 0.5) is 0 Å². The van der Waals surface area contributed by atoms with Crippen molar-refractivity contribution in [2.75, 3.05) is 13.7 Å². The van der Waals surface area contributed by atoms with Crippen molar-refractivity contribution in [1.29, 1.82) is 0 Å². The fraction of sp³-hybridized carbons (Fsp3) is 0.500. The van der Waals surface area contributed by atoms with Gasteiger partial charge >= 0.3 is 0 Å². The molecule has 0 saturated carbocycles. The number of rotatable bonds is 4. The standard InChI is InChI=1S/C8H13N3O/c1-12-5-2-7(9)8-6-10-3-4-11-8/h3-4,6-7H,2,5,9H2,1H3. The van der Waals surface area contributed by atoms with E-state index in [9.17, 15) is 0 Å². The lowest BCUT2D eigenvalue weighted by atomic mass is 10.2. The Kier molecular flexibility index (Phi) is 3.63. The lowest BCUT2D eigenvalue weighted by Crippen LogP contribution is -2.14. The van der Waals surface area contributed by atoms with E-state index in [4.69, 9.17) is 10.5 Å². The van der Waals surface area contributed by atoms with Gasteiger partial charge in [0, 0.05) is 32.3 Å². The molecular weight excluding hydrogens is 154 g/mol. The molecule has 0 aromatic carbocycles. The molecule has 0 radical (unpaired) electrons. The summed E-state index contributed by atoms with van der Waals surface area (Å²) in [7, 11) is 1.66. The van der Waals surface area contributed by atoms with Gasteiger partial charge in [-0.05, 0) is 6.42 Å². The van der Waals surface area contributed by atoms with E-state index in [1.807, 2.05) is 0 Å². The number of hydrogen-bond donors (Lipinski definition) is 1. The van der Waals surface area contributed by atoms with E-state index in [-0.39, 0.29) is 6.04 Å². The van der Waals surface area contributed by atoms with Gasteiger partial charge < -0.3 is 10.5 Å². The van der Waals surface area contributed by atoms with Crippen LogP contribution in [0.2, 0.25) is 0 Å². The maximum atomic E-state index is 5.80. The smallest absolute Gasteiger partial charge is 0.0754 e. The van der Waals surface area contributed by atoms with Gasteiger partial charge in [-0.1, -0.05) is 0 Å². The Morgan fingerprint density at radius 2 is 2.42 bits per heavy atom. The molecule has 0 saturated heterocycles. The zero-order valence-corrected chi connectivity index (χ0v) is 7.10. The third-order valence-corrected chi connectivity index (χ3v) is 1.60. The van der Waals surface area contributed by atoms with Crippen molar-refractivity contribution in [3.63, 3.8) is 0 Å². The van der Waals surface area contributed by atoms with E-state index >= 15 is 0 Å². The number of nitrogens with two attached hydrogens (primary N) is 1. The maximum absolute atomic E-state index is 5.80. The van der Waals surface area contributed by atoms with E-state index < -0.39 is 0 Å². The summed E-state index contributed by atoms with van der Waals surface area (Å²) in [5.41, 5.74) is 6.61. The minimum Gasteiger partial charge on any atom is -0.385 e. The molecular formula is C8H13N3O. The van der Waals surface area contributed by atoms with Gasteiger partial charge in [0.2, 0.25) is 0 Å². The zero-order chi connectivity index (χ0) is 8.81. The van der Waals surface area contributed by atoms with E-state index in [0.29, 0.717) is 6.61 Å². The molecule has 1 unspecified atom stereocenters. The highest BCUT2D eigenvalue weighted by Gasteiger charge is 2.05. The van der Waals surface area contributed by atoms with Crippen molar-refractivity contribution in [3.8, 4) is 0 Å². The van der Waals surface area contributed by atoms with Gasteiger partial charge in [-0.2, -0.15) is 0 Å². The van der Waals surface area contributed by atoms with Crippen LogP contribution in [0.1, 0.15) is 18.2 Å². The molecule has 0 aliphatic rings. The zero-order valence-electron chi connectivity index (χ0n) is 7.10. The molecule has 0 amide bonds. The van der Waals surface area contributed by atoms with Crippen LogP contribution in [0.25, 0.3) is 0 Å². The number of ether oxygens (including phenoxy) is 1. The second kappa shape index (κ2) is 4.79. The quantitative estimate of drug-likeness (QED) is 0.709. The molecule has 1 aromatic rings. The lowest BCUT2D eigenvalue weighted by molar-refractivity contribution is 0.187. The molecule has 66 valence electrons. The molecule has 12 heavy (non-hydrogen) atoms.